The van der Waals surface area contributed by atoms with E-state index < -0.39 is 6.04 Å². The van der Waals surface area contributed by atoms with Gasteiger partial charge in [-0.05, 0) is 68.7 Å². The van der Waals surface area contributed by atoms with Crippen LogP contribution in [0.15, 0.2) is 48.8 Å². The molecule has 1 fully saturated rings. The van der Waals surface area contributed by atoms with Gasteiger partial charge in [0.15, 0.2) is 0 Å². The van der Waals surface area contributed by atoms with Crippen LogP contribution in [0.1, 0.15) is 82.4 Å². The molecule has 0 spiro atoms. The van der Waals surface area contributed by atoms with E-state index in [-0.39, 0.29) is 5.91 Å². The second-order valence-electron chi connectivity index (χ2n) is 10.0. The predicted octanol–water partition coefficient (Wildman–Crippen LogP) is 6.45. The Bertz CT molecular complexity index is 1120. The van der Waals surface area contributed by atoms with Gasteiger partial charge in [-0.1, -0.05) is 69.7 Å². The first kappa shape index (κ1) is 29.2. The summed E-state index contributed by atoms with van der Waals surface area (Å²) in [6, 6.07) is 12.1. The van der Waals surface area contributed by atoms with Gasteiger partial charge in [0.1, 0.15) is 17.7 Å². The molecule has 5 rings (SSSR count). The van der Waals surface area contributed by atoms with Gasteiger partial charge in [-0.25, -0.2) is 0 Å². The van der Waals surface area contributed by atoms with Crippen molar-refractivity contribution in [3.05, 3.63) is 65.5 Å². The standard InChI is InChI=1S/C19H28N6O.C10H12.C2H6/c1-2-21-19-23-16(13-17(24-19)25-10-6-7-11-25)22-15(18(20)26)12-14-8-4-3-5-9-14;1-8-5-6-9-3-2-4-10(9)7-8;1-2/h6-7,10-11,13-15H,2-5,8-9,12H2,1H3,(H2,20,26)(H2,21,22,23,24);5-7H,2-4H2,1H3;1-2H3/t15-;;/m1../s1. The first-order valence-corrected chi connectivity index (χ1v) is 14.4. The number of hydrogen-bond donors (Lipinski definition) is 3. The number of aryl methyl sites for hydroxylation is 3. The number of carbonyl (C=O) groups is 1. The number of benzene rings is 1. The molecule has 2 aliphatic carbocycles. The Morgan fingerprint density at radius 2 is 1.74 bits per heavy atom. The zero-order chi connectivity index (χ0) is 27.3. The molecule has 0 unspecified atom stereocenters. The summed E-state index contributed by atoms with van der Waals surface area (Å²) in [7, 11) is 0. The van der Waals surface area contributed by atoms with Crippen LogP contribution in [0.4, 0.5) is 11.8 Å². The monoisotopic (exact) mass is 518 g/mol. The molecule has 0 bridgehead atoms. The molecule has 1 saturated carbocycles. The van der Waals surface area contributed by atoms with Crippen molar-refractivity contribution >= 4 is 17.7 Å². The Morgan fingerprint density at radius 3 is 2.42 bits per heavy atom. The van der Waals surface area contributed by atoms with Crippen molar-refractivity contribution in [2.24, 2.45) is 11.7 Å². The summed E-state index contributed by atoms with van der Waals surface area (Å²) in [6.07, 6.45) is 14.7. The number of fused-ring (bicyclic) bond motifs is 1. The van der Waals surface area contributed by atoms with E-state index in [9.17, 15) is 4.79 Å². The lowest BCUT2D eigenvalue weighted by atomic mass is 9.84. The number of rotatable bonds is 8. The molecule has 4 N–H and O–H groups in total. The number of anilines is 2. The maximum atomic E-state index is 12.0. The van der Waals surface area contributed by atoms with Crippen LogP contribution in [0.5, 0.6) is 0 Å². The van der Waals surface area contributed by atoms with Crippen LogP contribution >= 0.6 is 0 Å². The van der Waals surface area contributed by atoms with Gasteiger partial charge in [-0.2, -0.15) is 9.97 Å². The lowest BCUT2D eigenvalue weighted by Crippen LogP contribution is -2.37. The van der Waals surface area contributed by atoms with Crippen molar-refractivity contribution in [2.75, 3.05) is 17.2 Å². The van der Waals surface area contributed by atoms with Gasteiger partial charge in [0, 0.05) is 25.0 Å². The number of aromatic nitrogens is 3. The van der Waals surface area contributed by atoms with Crippen LogP contribution in [0.2, 0.25) is 0 Å². The van der Waals surface area contributed by atoms with Crippen LogP contribution in [-0.4, -0.2) is 33.0 Å². The minimum atomic E-state index is -0.417. The highest BCUT2D eigenvalue weighted by Crippen LogP contribution is 2.28. The van der Waals surface area contributed by atoms with E-state index in [2.05, 4.69) is 45.7 Å². The van der Waals surface area contributed by atoms with E-state index >= 15 is 0 Å². The van der Waals surface area contributed by atoms with Crippen LogP contribution in [0.25, 0.3) is 5.82 Å². The molecule has 3 aromatic rings. The van der Waals surface area contributed by atoms with Gasteiger partial charge in [0.2, 0.25) is 11.9 Å². The van der Waals surface area contributed by atoms with Crippen molar-refractivity contribution in [1.82, 2.24) is 14.5 Å². The summed E-state index contributed by atoms with van der Waals surface area (Å²) >= 11 is 0. The lowest BCUT2D eigenvalue weighted by molar-refractivity contribution is -0.119. The fraction of sp³-hybridized carbons (Fsp3) is 0.516. The Morgan fingerprint density at radius 1 is 1.03 bits per heavy atom. The van der Waals surface area contributed by atoms with Crippen LogP contribution in [0.3, 0.4) is 0 Å². The number of primary amides is 1. The largest absolute Gasteiger partial charge is 0.368 e. The van der Waals surface area contributed by atoms with Gasteiger partial charge >= 0.3 is 0 Å². The van der Waals surface area contributed by atoms with Crippen molar-refractivity contribution in [3.8, 4) is 5.82 Å². The van der Waals surface area contributed by atoms with Crippen molar-refractivity contribution in [2.45, 2.75) is 91.5 Å². The van der Waals surface area contributed by atoms with Crippen LogP contribution in [0, 0.1) is 12.8 Å². The summed E-state index contributed by atoms with van der Waals surface area (Å²) in [5, 5.41) is 6.39. The summed E-state index contributed by atoms with van der Waals surface area (Å²) in [6.45, 7) is 8.88. The number of nitrogens with zero attached hydrogens (tertiary/aromatic N) is 3. The normalized spacial score (nSPS) is 15.3. The Balaban J connectivity index is 0.000000275. The zero-order valence-corrected chi connectivity index (χ0v) is 23.7. The van der Waals surface area contributed by atoms with Gasteiger partial charge in [0.05, 0.1) is 0 Å². The van der Waals surface area contributed by atoms with Crippen LogP contribution < -0.4 is 16.4 Å². The van der Waals surface area contributed by atoms with Gasteiger partial charge in [-0.3, -0.25) is 4.79 Å². The van der Waals surface area contributed by atoms with Crippen LogP contribution in [-0.2, 0) is 17.6 Å². The number of hydrogen-bond acceptors (Lipinski definition) is 5. The molecule has 206 valence electrons. The maximum absolute atomic E-state index is 12.0. The molecule has 7 nitrogen and oxygen atoms in total. The average Bonchev–Trinajstić information content (AvgIpc) is 3.63. The summed E-state index contributed by atoms with van der Waals surface area (Å²) in [5.74, 6) is 2.10. The third-order valence-corrected chi connectivity index (χ3v) is 7.13. The molecule has 2 heterocycles. The fourth-order valence-corrected chi connectivity index (χ4v) is 5.25. The Labute approximate surface area is 228 Å². The molecular weight excluding hydrogens is 472 g/mol. The molecule has 2 aliphatic rings. The molecule has 0 saturated heterocycles. The zero-order valence-electron chi connectivity index (χ0n) is 23.7. The predicted molar refractivity (Wildman–Crippen MR) is 158 cm³/mol. The first-order valence-electron chi connectivity index (χ1n) is 14.4. The van der Waals surface area contributed by atoms with Crippen molar-refractivity contribution < 1.29 is 4.79 Å². The maximum Gasteiger partial charge on any atom is 0.239 e. The van der Waals surface area contributed by atoms with Crippen molar-refractivity contribution in [3.63, 3.8) is 0 Å². The lowest BCUT2D eigenvalue weighted by Gasteiger charge is -2.26. The number of nitrogens with one attached hydrogen (secondary N) is 2. The third kappa shape index (κ3) is 8.61. The Hall–Kier alpha value is -3.35. The summed E-state index contributed by atoms with van der Waals surface area (Å²) in [5.41, 5.74) is 10.2. The topological polar surface area (TPSA) is 97.9 Å². The molecule has 0 aliphatic heterocycles. The number of carbonyl (C=O) groups excluding carboxylic acids is 1. The smallest absolute Gasteiger partial charge is 0.239 e. The highest BCUT2D eigenvalue weighted by Gasteiger charge is 2.23. The van der Waals surface area contributed by atoms with Gasteiger partial charge in [0.25, 0.3) is 0 Å². The van der Waals surface area contributed by atoms with E-state index in [1.807, 2.05) is 55.9 Å². The molecule has 0 radical (unpaired) electrons. The second-order valence-corrected chi connectivity index (χ2v) is 10.0. The van der Waals surface area contributed by atoms with E-state index in [1.54, 1.807) is 11.1 Å². The Kier molecular flexibility index (Phi) is 11.7. The molecule has 1 aromatic carbocycles. The third-order valence-electron chi connectivity index (χ3n) is 7.13. The number of nitrogens with two attached hydrogens (primary N) is 1. The molecule has 1 amide bonds. The average molecular weight is 519 g/mol. The van der Waals surface area contributed by atoms with Gasteiger partial charge in [-0.15, -0.1) is 0 Å². The second kappa shape index (κ2) is 15.2. The van der Waals surface area contributed by atoms with Gasteiger partial charge < -0.3 is 20.9 Å². The van der Waals surface area contributed by atoms with E-state index in [1.165, 1.54) is 56.9 Å². The summed E-state index contributed by atoms with van der Waals surface area (Å²) < 4.78 is 1.91. The fourth-order valence-electron chi connectivity index (χ4n) is 5.25. The quantitative estimate of drug-likeness (QED) is 0.318. The molecule has 38 heavy (non-hydrogen) atoms. The minimum absolute atomic E-state index is 0.332. The van der Waals surface area contributed by atoms with E-state index in [0.717, 1.165) is 18.8 Å². The van der Waals surface area contributed by atoms with E-state index in [4.69, 9.17) is 5.73 Å². The minimum Gasteiger partial charge on any atom is -0.368 e. The number of amides is 1. The molecule has 1 atom stereocenters. The summed E-state index contributed by atoms with van der Waals surface area (Å²) in [4.78, 5) is 21.0. The van der Waals surface area contributed by atoms with Crippen molar-refractivity contribution in [1.29, 1.82) is 0 Å². The first-order chi connectivity index (χ1) is 18.5. The van der Waals surface area contributed by atoms with E-state index in [0.29, 0.717) is 17.7 Å². The molecule has 7 heteroatoms. The molecule has 2 aromatic heterocycles. The highest BCUT2D eigenvalue weighted by molar-refractivity contribution is 5.82. The molecular formula is C31H46N6O. The highest BCUT2D eigenvalue weighted by atomic mass is 16.1. The SMILES string of the molecule is CC.CCNc1nc(N[C@H](CC2CCCCC2)C(N)=O)cc(-n2cccc2)n1.Cc1ccc2c(c1)CCC2.